The lowest BCUT2D eigenvalue weighted by Gasteiger charge is -2.38. The van der Waals surface area contributed by atoms with Crippen molar-refractivity contribution < 1.29 is 28.5 Å². The lowest BCUT2D eigenvalue weighted by atomic mass is 9.70. The number of ketones is 1. The number of Topliss-reactive ketones (excluding diaryl/α,β-unsaturated/α-hetero) is 1. The minimum absolute atomic E-state index is 0. The number of esters is 1. The Bertz CT molecular complexity index is 952. The number of methoxy groups -OCH3 is 2. The largest absolute Gasteiger partial charge is 0.493 e. The third-order valence-corrected chi connectivity index (χ3v) is 9.35. The van der Waals surface area contributed by atoms with Crippen molar-refractivity contribution in [3.63, 3.8) is 0 Å². The highest BCUT2D eigenvalue weighted by Crippen LogP contribution is 2.66. The van der Waals surface area contributed by atoms with Gasteiger partial charge in [-0.15, -0.1) is 12.4 Å². The van der Waals surface area contributed by atoms with Gasteiger partial charge in [0.25, 0.3) is 0 Å². The quantitative estimate of drug-likeness (QED) is 0.345. The molecule has 202 valence electrons. The van der Waals surface area contributed by atoms with Crippen molar-refractivity contribution in [2.45, 2.75) is 78.0 Å². The third-order valence-electron chi connectivity index (χ3n) is 9.35. The summed E-state index contributed by atoms with van der Waals surface area (Å²) in [7, 11) is 3.27. The molecule has 2 saturated carbocycles. The first kappa shape index (κ1) is 28.7. The van der Waals surface area contributed by atoms with E-state index in [9.17, 15) is 9.59 Å². The second kappa shape index (κ2) is 11.3. The highest BCUT2D eigenvalue weighted by atomic mass is 35.5. The predicted molar refractivity (Wildman–Crippen MR) is 140 cm³/mol. The van der Waals surface area contributed by atoms with E-state index in [0.717, 1.165) is 24.8 Å². The molecule has 5 unspecified atom stereocenters. The summed E-state index contributed by atoms with van der Waals surface area (Å²) in [6.45, 7) is 9.60. The maximum atomic E-state index is 13.3. The van der Waals surface area contributed by atoms with E-state index in [0.29, 0.717) is 37.1 Å². The maximum Gasteiger partial charge on any atom is 0.323 e. The molecule has 7 nitrogen and oxygen atoms in total. The predicted octanol–water partition coefficient (Wildman–Crippen LogP) is 4.90. The van der Waals surface area contributed by atoms with Gasteiger partial charge in [-0.1, -0.05) is 26.8 Å². The Morgan fingerprint density at radius 3 is 2.42 bits per heavy atom. The highest BCUT2D eigenvalue weighted by Gasteiger charge is 2.63. The number of benzene rings is 1. The van der Waals surface area contributed by atoms with Crippen LogP contribution in [-0.4, -0.2) is 51.3 Å². The molecule has 1 N–H and O–H groups in total. The van der Waals surface area contributed by atoms with Crippen LogP contribution in [0.1, 0.15) is 71.4 Å². The number of halogens is 1. The minimum Gasteiger partial charge on any atom is -0.493 e. The molecule has 2 bridgehead atoms. The minimum atomic E-state index is -0.507. The number of hydrogen-bond donors (Lipinski definition) is 1. The molecule has 36 heavy (non-hydrogen) atoms. The van der Waals surface area contributed by atoms with Crippen molar-refractivity contribution in [1.82, 2.24) is 5.32 Å². The van der Waals surface area contributed by atoms with E-state index in [1.807, 2.05) is 18.2 Å². The van der Waals surface area contributed by atoms with Crippen molar-refractivity contribution in [2.75, 3.05) is 27.4 Å². The van der Waals surface area contributed by atoms with E-state index in [1.165, 1.54) is 6.42 Å². The summed E-state index contributed by atoms with van der Waals surface area (Å²) in [5.41, 5.74) is 1.08. The molecule has 0 aromatic heterocycles. The number of fused-ring (bicyclic) bond motifs is 2. The second-order valence-electron chi connectivity index (χ2n) is 11.3. The molecule has 8 heteroatoms. The van der Waals surface area contributed by atoms with Gasteiger partial charge >= 0.3 is 5.97 Å². The van der Waals surface area contributed by atoms with E-state index < -0.39 is 6.04 Å². The van der Waals surface area contributed by atoms with E-state index in [-0.39, 0.29) is 53.1 Å². The van der Waals surface area contributed by atoms with Gasteiger partial charge in [0.15, 0.2) is 11.5 Å². The highest BCUT2D eigenvalue weighted by molar-refractivity contribution is 5.85. The molecule has 1 aromatic carbocycles. The van der Waals surface area contributed by atoms with Gasteiger partial charge in [0.05, 0.1) is 13.7 Å². The van der Waals surface area contributed by atoms with Crippen molar-refractivity contribution >= 4 is 24.2 Å². The molecule has 4 rings (SSSR count). The molecule has 0 amide bonds. The van der Waals surface area contributed by atoms with Crippen molar-refractivity contribution in [1.29, 1.82) is 0 Å². The van der Waals surface area contributed by atoms with Gasteiger partial charge in [0.1, 0.15) is 17.9 Å². The van der Waals surface area contributed by atoms with Gasteiger partial charge in [0.2, 0.25) is 0 Å². The molecule has 2 aliphatic carbocycles. The van der Waals surface area contributed by atoms with Crippen LogP contribution in [0, 0.1) is 22.7 Å². The molecule has 6 atom stereocenters. The molecular weight excluding hydrogens is 482 g/mol. The summed E-state index contributed by atoms with van der Waals surface area (Å²) in [6, 6.07) is 4.90. The molecule has 3 aliphatic rings. The fourth-order valence-electron chi connectivity index (χ4n) is 6.60. The fourth-order valence-corrected chi connectivity index (χ4v) is 6.60. The summed E-state index contributed by atoms with van der Waals surface area (Å²) in [5, 5.41) is 3.42. The molecule has 0 spiro atoms. The van der Waals surface area contributed by atoms with Crippen LogP contribution >= 0.6 is 12.4 Å². The molecule has 1 aliphatic heterocycles. The number of ether oxygens (including phenoxy) is 4. The van der Waals surface area contributed by atoms with Gasteiger partial charge in [-0.25, -0.2) is 0 Å². The zero-order valence-electron chi connectivity index (χ0n) is 22.4. The fraction of sp³-hybridized carbons (Fsp3) is 0.714. The Morgan fingerprint density at radius 1 is 1.08 bits per heavy atom. The Balaban J connectivity index is 0.00000361. The summed E-state index contributed by atoms with van der Waals surface area (Å²) >= 11 is 0. The SMILES string of the molecule is COCCCOc1cc(C2NC(C(=O)OC3CC4CC[C@@]3(C)C4(C)C)CC2C(C)=O)ccc1OC.Cl. The monoisotopic (exact) mass is 523 g/mol. The Morgan fingerprint density at radius 2 is 1.83 bits per heavy atom. The Hall–Kier alpha value is -1.83. The zero-order valence-corrected chi connectivity index (χ0v) is 23.2. The number of hydrogen-bond acceptors (Lipinski definition) is 7. The van der Waals surface area contributed by atoms with Crippen molar-refractivity contribution in [2.24, 2.45) is 22.7 Å². The molecule has 1 saturated heterocycles. The van der Waals surface area contributed by atoms with E-state index >= 15 is 0 Å². The summed E-state index contributed by atoms with van der Waals surface area (Å²) in [5.74, 6) is 1.36. The summed E-state index contributed by atoms with van der Waals surface area (Å²) < 4.78 is 22.6. The van der Waals surface area contributed by atoms with Crippen LogP contribution in [0.2, 0.25) is 0 Å². The van der Waals surface area contributed by atoms with Crippen molar-refractivity contribution in [3.05, 3.63) is 23.8 Å². The van der Waals surface area contributed by atoms with E-state index in [1.54, 1.807) is 21.1 Å². The average molecular weight is 524 g/mol. The van der Waals surface area contributed by atoms with Crippen LogP contribution in [0.4, 0.5) is 0 Å². The maximum absolute atomic E-state index is 13.3. The normalized spacial score (nSPS) is 32.1. The first-order chi connectivity index (χ1) is 16.6. The molecule has 0 radical (unpaired) electrons. The van der Waals surface area contributed by atoms with Gasteiger partial charge in [-0.3, -0.25) is 14.9 Å². The van der Waals surface area contributed by atoms with Crippen LogP contribution in [0.5, 0.6) is 11.5 Å². The molecule has 1 heterocycles. The number of carbonyl (C=O) groups is 2. The Labute approximate surface area is 221 Å². The average Bonchev–Trinajstić information content (AvgIpc) is 3.42. The van der Waals surface area contributed by atoms with Gasteiger partial charge < -0.3 is 18.9 Å². The van der Waals surface area contributed by atoms with E-state index in [2.05, 4.69) is 26.1 Å². The summed E-state index contributed by atoms with van der Waals surface area (Å²) in [6.07, 6.45) is 4.37. The van der Waals surface area contributed by atoms with Gasteiger partial charge in [0, 0.05) is 37.5 Å². The number of rotatable bonds is 10. The summed E-state index contributed by atoms with van der Waals surface area (Å²) in [4.78, 5) is 25.9. The lowest BCUT2D eigenvalue weighted by Crippen LogP contribution is -2.42. The smallest absolute Gasteiger partial charge is 0.323 e. The molecule has 1 aromatic rings. The zero-order chi connectivity index (χ0) is 25.4. The topological polar surface area (TPSA) is 83.1 Å². The van der Waals surface area contributed by atoms with Crippen LogP contribution in [0.25, 0.3) is 0 Å². The van der Waals surface area contributed by atoms with Crippen LogP contribution in [-0.2, 0) is 19.1 Å². The van der Waals surface area contributed by atoms with E-state index in [4.69, 9.17) is 18.9 Å². The number of carbonyl (C=O) groups excluding carboxylic acids is 2. The first-order valence-corrected chi connectivity index (χ1v) is 12.9. The van der Waals surface area contributed by atoms with Crippen LogP contribution in [0.15, 0.2) is 18.2 Å². The van der Waals surface area contributed by atoms with Gasteiger partial charge in [-0.2, -0.15) is 0 Å². The number of nitrogens with one attached hydrogen (secondary N) is 1. The molecular formula is C28H42ClNO6. The van der Waals surface area contributed by atoms with Gasteiger partial charge in [-0.05, 0) is 61.6 Å². The van der Waals surface area contributed by atoms with Crippen LogP contribution in [0.3, 0.4) is 0 Å². The molecule has 3 fully saturated rings. The second-order valence-corrected chi connectivity index (χ2v) is 11.3. The van der Waals surface area contributed by atoms with Crippen molar-refractivity contribution in [3.8, 4) is 11.5 Å². The lowest BCUT2D eigenvalue weighted by molar-refractivity contribution is -0.159. The first-order valence-electron chi connectivity index (χ1n) is 12.9. The van der Waals surface area contributed by atoms with Crippen LogP contribution < -0.4 is 14.8 Å². The third kappa shape index (κ3) is 5.11. The Kier molecular flexibility index (Phi) is 9.00. The standard InChI is InChI=1S/C28H41NO6.ClH/c1-17(30)20-16-21(26(31)35-24-15-19-10-11-28(24,4)27(19,2)3)29-25(20)18-8-9-22(33-6)23(14-18)34-13-7-12-32-5;/h8-9,14,19-21,24-25,29H,7,10-13,15-16H2,1-6H3;1H/t19?,20?,21?,24?,25?,28-;/m1./s1.